The second kappa shape index (κ2) is 3.70. The van der Waals surface area contributed by atoms with Crippen LogP contribution >= 0.6 is 15.9 Å². The molecule has 1 heterocycles. The molecule has 1 aliphatic carbocycles. The fraction of sp³-hybridized carbons (Fsp3) is 0.417. The Kier molecular flexibility index (Phi) is 2.40. The Bertz CT molecular complexity index is 498. The molecular weight excluding hydrogens is 287 g/mol. The van der Waals surface area contributed by atoms with Crippen molar-refractivity contribution in [2.45, 2.75) is 31.2 Å². The average Bonchev–Trinajstić information content (AvgIpc) is 2.73. The van der Waals surface area contributed by atoms with Gasteiger partial charge in [0.25, 0.3) is 0 Å². The van der Waals surface area contributed by atoms with E-state index in [0.29, 0.717) is 10.2 Å². The highest BCUT2D eigenvalue weighted by Gasteiger charge is 2.44. The predicted octanol–water partition coefficient (Wildman–Crippen LogP) is 3.27. The monoisotopic (exact) mass is 298 g/mol. The van der Waals surface area contributed by atoms with Gasteiger partial charge in [0.15, 0.2) is 0 Å². The molecule has 1 aromatic carbocycles. The molecular formula is C12H12BrFN2O. The summed E-state index contributed by atoms with van der Waals surface area (Å²) in [4.78, 5) is 12.1. The van der Waals surface area contributed by atoms with Gasteiger partial charge in [-0.2, -0.15) is 0 Å². The third-order valence-corrected chi connectivity index (χ3v) is 4.18. The van der Waals surface area contributed by atoms with Gasteiger partial charge in [-0.15, -0.1) is 0 Å². The summed E-state index contributed by atoms with van der Waals surface area (Å²) in [6, 6.07) is 3.02. The second-order valence-electron chi connectivity index (χ2n) is 4.68. The first-order valence-electron chi connectivity index (χ1n) is 5.69. The van der Waals surface area contributed by atoms with Gasteiger partial charge in [0.2, 0.25) is 5.91 Å². The summed E-state index contributed by atoms with van der Waals surface area (Å²) in [6.07, 6.45) is 3.79. The number of nitrogens with one attached hydrogen (secondary N) is 2. The van der Waals surface area contributed by atoms with Crippen LogP contribution in [0.15, 0.2) is 16.6 Å². The summed E-state index contributed by atoms with van der Waals surface area (Å²) in [5, 5.41) is 6.08. The van der Waals surface area contributed by atoms with Crippen LogP contribution in [0.1, 0.15) is 25.7 Å². The van der Waals surface area contributed by atoms with Gasteiger partial charge in [-0.25, -0.2) is 4.39 Å². The largest absolute Gasteiger partial charge is 0.369 e. The molecule has 0 bridgehead atoms. The van der Waals surface area contributed by atoms with E-state index < -0.39 is 5.54 Å². The number of halogens is 2. The standard InChI is InChI=1S/C12H12BrFN2O/c13-7-5-10-9(6-8(7)14)15-11(17)12(16-10)3-1-2-4-12/h5-6,16H,1-4H2,(H,15,17). The maximum atomic E-state index is 13.4. The molecule has 1 aliphatic heterocycles. The summed E-state index contributed by atoms with van der Waals surface area (Å²) < 4.78 is 13.8. The van der Waals surface area contributed by atoms with Crippen molar-refractivity contribution in [3.63, 3.8) is 0 Å². The number of carbonyl (C=O) groups excluding carboxylic acids is 1. The molecule has 0 unspecified atom stereocenters. The van der Waals surface area contributed by atoms with Gasteiger partial charge in [0, 0.05) is 6.07 Å². The van der Waals surface area contributed by atoms with E-state index in [2.05, 4.69) is 26.6 Å². The number of carbonyl (C=O) groups is 1. The number of rotatable bonds is 0. The lowest BCUT2D eigenvalue weighted by atomic mass is 9.93. The highest BCUT2D eigenvalue weighted by atomic mass is 79.9. The first-order chi connectivity index (χ1) is 8.11. The first kappa shape index (κ1) is 11.0. The van der Waals surface area contributed by atoms with Crippen LogP contribution in [0.5, 0.6) is 0 Å². The lowest BCUT2D eigenvalue weighted by Crippen LogP contribution is -2.50. The summed E-state index contributed by atoms with van der Waals surface area (Å²) in [5.74, 6) is -0.405. The second-order valence-corrected chi connectivity index (χ2v) is 5.53. The van der Waals surface area contributed by atoms with Gasteiger partial charge in [0.05, 0.1) is 15.8 Å². The van der Waals surface area contributed by atoms with E-state index in [4.69, 9.17) is 0 Å². The van der Waals surface area contributed by atoms with Gasteiger partial charge >= 0.3 is 0 Å². The van der Waals surface area contributed by atoms with E-state index in [9.17, 15) is 9.18 Å². The molecule has 3 rings (SSSR count). The van der Waals surface area contributed by atoms with Gasteiger partial charge in [-0.1, -0.05) is 12.8 Å². The SMILES string of the molecule is O=C1Nc2cc(F)c(Br)cc2NC12CCCC2. The van der Waals surface area contributed by atoms with E-state index in [0.717, 1.165) is 31.4 Å². The highest BCUT2D eigenvalue weighted by Crippen LogP contribution is 2.41. The number of hydrogen-bond donors (Lipinski definition) is 2. The van der Waals surface area contributed by atoms with Crippen LogP contribution in [0.3, 0.4) is 0 Å². The number of amides is 1. The maximum Gasteiger partial charge on any atom is 0.250 e. The Morgan fingerprint density at radius 3 is 2.65 bits per heavy atom. The topological polar surface area (TPSA) is 41.1 Å². The molecule has 1 aromatic rings. The summed E-state index contributed by atoms with van der Waals surface area (Å²) in [5.41, 5.74) is 0.831. The molecule has 0 radical (unpaired) electrons. The van der Waals surface area contributed by atoms with Crippen LogP contribution in [-0.4, -0.2) is 11.4 Å². The lowest BCUT2D eigenvalue weighted by molar-refractivity contribution is -0.120. The molecule has 1 saturated carbocycles. The van der Waals surface area contributed by atoms with Crippen LogP contribution in [-0.2, 0) is 4.79 Å². The van der Waals surface area contributed by atoms with Crippen molar-refractivity contribution in [2.75, 3.05) is 10.6 Å². The molecule has 0 saturated heterocycles. The Morgan fingerprint density at radius 1 is 1.24 bits per heavy atom. The molecule has 1 amide bonds. The molecule has 1 spiro atoms. The Hall–Kier alpha value is -1.10. The van der Waals surface area contributed by atoms with Gasteiger partial charge in [-0.05, 0) is 34.8 Å². The van der Waals surface area contributed by atoms with Crippen molar-refractivity contribution in [2.24, 2.45) is 0 Å². The van der Waals surface area contributed by atoms with Crippen molar-refractivity contribution in [1.82, 2.24) is 0 Å². The van der Waals surface area contributed by atoms with Crippen LogP contribution in [0, 0.1) is 5.82 Å². The predicted molar refractivity (Wildman–Crippen MR) is 67.6 cm³/mol. The Balaban J connectivity index is 2.04. The quantitative estimate of drug-likeness (QED) is 0.772. The fourth-order valence-electron chi connectivity index (χ4n) is 2.64. The van der Waals surface area contributed by atoms with E-state index in [1.807, 2.05) is 0 Å². The molecule has 0 aromatic heterocycles. The smallest absolute Gasteiger partial charge is 0.250 e. The van der Waals surface area contributed by atoms with Gasteiger partial charge in [0.1, 0.15) is 11.4 Å². The van der Waals surface area contributed by atoms with E-state index in [1.54, 1.807) is 6.07 Å². The van der Waals surface area contributed by atoms with Crippen molar-refractivity contribution in [1.29, 1.82) is 0 Å². The van der Waals surface area contributed by atoms with Crippen LogP contribution < -0.4 is 10.6 Å². The molecule has 90 valence electrons. The zero-order chi connectivity index (χ0) is 12.0. The minimum Gasteiger partial charge on any atom is -0.369 e. The lowest BCUT2D eigenvalue weighted by Gasteiger charge is -2.35. The van der Waals surface area contributed by atoms with E-state index >= 15 is 0 Å². The molecule has 17 heavy (non-hydrogen) atoms. The number of anilines is 2. The van der Waals surface area contributed by atoms with Gasteiger partial charge < -0.3 is 10.6 Å². The molecule has 0 atom stereocenters. The Morgan fingerprint density at radius 2 is 1.94 bits per heavy atom. The highest BCUT2D eigenvalue weighted by molar-refractivity contribution is 9.10. The van der Waals surface area contributed by atoms with E-state index in [1.165, 1.54) is 6.07 Å². The third kappa shape index (κ3) is 1.64. The number of fused-ring (bicyclic) bond motifs is 1. The first-order valence-corrected chi connectivity index (χ1v) is 6.49. The van der Waals surface area contributed by atoms with Crippen LogP contribution in [0.25, 0.3) is 0 Å². The van der Waals surface area contributed by atoms with E-state index in [-0.39, 0.29) is 11.7 Å². The maximum absolute atomic E-state index is 13.4. The molecule has 3 nitrogen and oxygen atoms in total. The minimum atomic E-state index is -0.482. The third-order valence-electron chi connectivity index (χ3n) is 3.57. The summed E-state index contributed by atoms with van der Waals surface area (Å²) in [7, 11) is 0. The fourth-order valence-corrected chi connectivity index (χ4v) is 2.98. The number of benzene rings is 1. The molecule has 5 heteroatoms. The van der Waals surface area contributed by atoms with Crippen molar-refractivity contribution >= 4 is 33.2 Å². The van der Waals surface area contributed by atoms with Gasteiger partial charge in [-0.3, -0.25) is 4.79 Å². The van der Waals surface area contributed by atoms with Crippen LogP contribution in [0.2, 0.25) is 0 Å². The zero-order valence-corrected chi connectivity index (χ0v) is 10.7. The summed E-state index contributed by atoms with van der Waals surface area (Å²) >= 11 is 3.16. The molecule has 2 aliphatic rings. The zero-order valence-electron chi connectivity index (χ0n) is 9.15. The average molecular weight is 299 g/mol. The van der Waals surface area contributed by atoms with Crippen molar-refractivity contribution in [3.05, 3.63) is 22.4 Å². The molecule has 2 N–H and O–H groups in total. The summed E-state index contributed by atoms with van der Waals surface area (Å²) in [6.45, 7) is 0. The van der Waals surface area contributed by atoms with Crippen LogP contribution in [0.4, 0.5) is 15.8 Å². The van der Waals surface area contributed by atoms with Crippen molar-refractivity contribution < 1.29 is 9.18 Å². The van der Waals surface area contributed by atoms with Crippen molar-refractivity contribution in [3.8, 4) is 0 Å². The number of hydrogen-bond acceptors (Lipinski definition) is 2. The normalized spacial score (nSPS) is 20.9. The Labute approximate surface area is 107 Å². The molecule has 1 fully saturated rings. The minimum absolute atomic E-state index is 0.0378.